The number of rotatable bonds is 13. The Balaban J connectivity index is 4.04. The third-order valence-electron chi connectivity index (χ3n) is 3.55. The lowest BCUT2D eigenvalue weighted by Gasteiger charge is -2.14. The van der Waals surface area contributed by atoms with Crippen LogP contribution in [0.3, 0.4) is 0 Å². The van der Waals surface area contributed by atoms with Gasteiger partial charge in [-0.15, -0.1) is 0 Å². The number of aliphatic carboxylic acids is 1. The van der Waals surface area contributed by atoms with Gasteiger partial charge in [-0.2, -0.15) is 4.99 Å². The fourth-order valence-electron chi connectivity index (χ4n) is 2.22. The monoisotopic (exact) mass is 330 g/mol. The summed E-state index contributed by atoms with van der Waals surface area (Å²) >= 11 is 0. The number of carboxylic acids is 1. The molecule has 0 spiro atoms. The van der Waals surface area contributed by atoms with Gasteiger partial charge in [0.25, 0.3) is 0 Å². The highest BCUT2D eigenvalue weighted by Gasteiger charge is 2.08. The third kappa shape index (κ3) is 13.8. The van der Waals surface area contributed by atoms with Crippen molar-refractivity contribution in [3.63, 3.8) is 0 Å². The van der Waals surface area contributed by atoms with E-state index in [0.717, 1.165) is 19.3 Å². The summed E-state index contributed by atoms with van der Waals surface area (Å²) in [4.78, 5) is 26.5. The number of aliphatic imine (C=N–C) groups is 1. The maximum absolute atomic E-state index is 11.8. The van der Waals surface area contributed by atoms with E-state index in [2.05, 4.69) is 11.9 Å². The lowest BCUT2D eigenvalue weighted by molar-refractivity contribution is -0.137. The van der Waals surface area contributed by atoms with Gasteiger partial charge in [0.1, 0.15) is 6.54 Å². The van der Waals surface area contributed by atoms with Gasteiger partial charge in [0.2, 0.25) is 5.91 Å². The Morgan fingerprint density at radius 1 is 1.04 bits per heavy atom. The normalized spacial score (nSPS) is 14.0. The first-order chi connectivity index (χ1) is 12.2. The Morgan fingerprint density at radius 2 is 1.57 bits per heavy atom. The van der Waals surface area contributed by atoms with E-state index < -0.39 is 31.4 Å². The van der Waals surface area contributed by atoms with Crippen LogP contribution in [0.5, 0.6) is 0 Å². The van der Waals surface area contributed by atoms with Crippen molar-refractivity contribution in [2.45, 2.75) is 77.6 Å². The highest BCUT2D eigenvalue weighted by atomic mass is 16.4. The predicted molar refractivity (Wildman–Crippen MR) is 93.4 cm³/mol. The van der Waals surface area contributed by atoms with Crippen LogP contribution in [0.2, 0.25) is 0 Å². The van der Waals surface area contributed by atoms with Crippen LogP contribution in [0, 0.1) is 0 Å². The van der Waals surface area contributed by atoms with Gasteiger partial charge in [0, 0.05) is 17.5 Å². The minimum absolute atomic E-state index is 0.180. The molecular weight excluding hydrogens is 294 g/mol. The lowest BCUT2D eigenvalue weighted by atomic mass is 10.1. The minimum Gasteiger partial charge on any atom is -0.480 e. The molecule has 23 heavy (non-hydrogen) atoms. The molecule has 0 saturated heterocycles. The number of carbonyl (C=O) groups is 2. The van der Waals surface area contributed by atoms with Crippen LogP contribution < -0.4 is 5.73 Å². The summed E-state index contributed by atoms with van der Waals surface area (Å²) in [6, 6.07) is 0. The summed E-state index contributed by atoms with van der Waals surface area (Å²) in [5.74, 6) is -2.47. The van der Waals surface area contributed by atoms with Crippen LogP contribution in [-0.4, -0.2) is 41.4 Å². The number of unbranched alkanes of at least 4 members (excludes halogenated alkanes) is 9. The maximum Gasteiger partial charge on any atom is 0.323 e. The summed E-state index contributed by atoms with van der Waals surface area (Å²) in [7, 11) is 0. The van der Waals surface area contributed by atoms with Crippen molar-refractivity contribution in [3.05, 3.63) is 0 Å². The number of carboxylic acid groups (broad SMARTS) is 1. The smallest absolute Gasteiger partial charge is 0.323 e. The van der Waals surface area contributed by atoms with Crippen LogP contribution in [0.15, 0.2) is 4.99 Å². The molecule has 3 N–H and O–H groups in total. The summed E-state index contributed by atoms with van der Waals surface area (Å²) in [6.07, 6.45) is 11.6. The Hall–Kier alpha value is -1.59. The molecule has 0 atom stereocenters. The molecule has 0 fully saturated rings. The number of amides is 1. The average molecular weight is 330 g/mol. The molecule has 6 nitrogen and oxygen atoms in total. The van der Waals surface area contributed by atoms with E-state index >= 15 is 0 Å². The zero-order valence-corrected chi connectivity index (χ0v) is 14.2. The van der Waals surface area contributed by atoms with Gasteiger partial charge < -0.3 is 15.7 Å². The highest BCUT2D eigenvalue weighted by molar-refractivity contribution is 5.93. The fraction of sp³-hybridized carbons (Fsp3) is 0.824. The second kappa shape index (κ2) is 14.0. The largest absolute Gasteiger partial charge is 0.480 e. The summed E-state index contributed by atoms with van der Waals surface area (Å²) < 4.78 is 21.8. The number of nitrogens with two attached hydrogens (primary N) is 1. The Labute approximate surface area is 144 Å². The molecule has 0 aromatic carbocycles. The van der Waals surface area contributed by atoms with Crippen molar-refractivity contribution in [2.75, 3.05) is 13.5 Å². The lowest BCUT2D eigenvalue weighted by Crippen LogP contribution is -2.38. The first-order valence-corrected chi connectivity index (χ1v) is 8.55. The molecule has 0 aliphatic carbocycles. The van der Waals surface area contributed by atoms with Crippen molar-refractivity contribution in [2.24, 2.45) is 10.7 Å². The zero-order valence-electron chi connectivity index (χ0n) is 17.2. The molecule has 0 aromatic heterocycles. The quantitative estimate of drug-likeness (QED) is 0.307. The molecule has 0 bridgehead atoms. The van der Waals surface area contributed by atoms with Crippen LogP contribution in [-0.2, 0) is 9.59 Å². The zero-order chi connectivity index (χ0) is 20.0. The molecule has 6 heteroatoms. The van der Waals surface area contributed by atoms with Gasteiger partial charge in [0.15, 0.2) is 5.96 Å². The summed E-state index contributed by atoms with van der Waals surface area (Å²) in [5.41, 5.74) is 5.50. The average Bonchev–Trinajstić information content (AvgIpc) is 2.53. The second-order valence-electron chi connectivity index (χ2n) is 5.78. The predicted octanol–water partition coefficient (Wildman–Crippen LogP) is 3.16. The van der Waals surface area contributed by atoms with E-state index in [1.807, 2.05) is 0 Å². The van der Waals surface area contributed by atoms with Gasteiger partial charge in [-0.05, 0) is 6.42 Å². The molecule has 0 aliphatic rings. The second-order valence-corrected chi connectivity index (χ2v) is 5.78. The minimum atomic E-state index is -2.76. The molecule has 134 valence electrons. The maximum atomic E-state index is 11.8. The van der Waals surface area contributed by atoms with Crippen molar-refractivity contribution >= 4 is 17.8 Å². The van der Waals surface area contributed by atoms with Crippen molar-refractivity contribution in [3.8, 4) is 0 Å². The fourth-order valence-corrected chi connectivity index (χ4v) is 2.22. The first kappa shape index (κ1) is 16.3. The van der Waals surface area contributed by atoms with Gasteiger partial charge in [0.05, 0.1) is 0 Å². The molecule has 0 radical (unpaired) electrons. The van der Waals surface area contributed by atoms with E-state index in [4.69, 9.17) is 15.0 Å². The Kier molecular flexibility index (Phi) is 9.93. The van der Waals surface area contributed by atoms with Crippen LogP contribution in [0.4, 0.5) is 0 Å². The Morgan fingerprint density at radius 3 is 2.04 bits per heavy atom. The van der Waals surface area contributed by atoms with Crippen LogP contribution in [0.25, 0.3) is 0 Å². The van der Waals surface area contributed by atoms with Gasteiger partial charge in [-0.25, -0.2) is 0 Å². The van der Waals surface area contributed by atoms with Gasteiger partial charge in [-0.3, -0.25) is 9.59 Å². The topological polar surface area (TPSA) is 96.0 Å². The molecular formula is C17H33N3O3. The summed E-state index contributed by atoms with van der Waals surface area (Å²) in [6.45, 7) is -1.40. The molecule has 0 saturated carbocycles. The highest BCUT2D eigenvalue weighted by Crippen LogP contribution is 2.11. The van der Waals surface area contributed by atoms with E-state index in [-0.39, 0.29) is 6.42 Å². The number of likely N-dealkylation sites (N-methyl/N-ethyl adjacent to an activating group) is 1. The van der Waals surface area contributed by atoms with Crippen molar-refractivity contribution in [1.29, 1.82) is 0 Å². The number of hydrogen-bond donors (Lipinski definition) is 2. The number of hydrogen-bond acceptors (Lipinski definition) is 2. The van der Waals surface area contributed by atoms with E-state index in [0.29, 0.717) is 11.3 Å². The first-order valence-electron chi connectivity index (χ1n) is 10.0. The van der Waals surface area contributed by atoms with Crippen molar-refractivity contribution in [1.82, 2.24) is 4.90 Å². The number of guanidine groups is 1. The third-order valence-corrected chi connectivity index (χ3v) is 3.55. The molecule has 1 amide bonds. The molecule has 0 unspecified atom stereocenters. The SMILES string of the molecule is [2H]C([2H])([2H])N(CC(=O)O)C(N)=NC(=O)CCCCCCCCCCCC. The molecule has 0 heterocycles. The van der Waals surface area contributed by atoms with E-state index in [1.165, 1.54) is 38.5 Å². The van der Waals surface area contributed by atoms with Crippen LogP contribution in [0.1, 0.15) is 81.7 Å². The Bertz CT molecular complexity index is 454. The van der Waals surface area contributed by atoms with Gasteiger partial charge in [-0.1, -0.05) is 64.7 Å². The molecule has 0 aromatic rings. The standard InChI is InChI=1S/C17H33N3O3/c1-3-4-5-6-7-8-9-10-11-12-13-15(21)19-17(18)20(2)14-16(22)23/h3-14H2,1-2H3,(H,22,23)(H2,18,19,21)/i2D3. The van der Waals surface area contributed by atoms with Crippen LogP contribution >= 0.6 is 0 Å². The molecule has 0 rings (SSSR count). The summed E-state index contributed by atoms with van der Waals surface area (Å²) in [5, 5.41) is 8.75. The van der Waals surface area contributed by atoms with E-state index in [1.54, 1.807) is 0 Å². The van der Waals surface area contributed by atoms with Crippen molar-refractivity contribution < 1.29 is 18.8 Å². The number of carbonyl (C=O) groups excluding carboxylic acids is 1. The molecule has 0 aliphatic heterocycles. The van der Waals surface area contributed by atoms with E-state index in [9.17, 15) is 9.59 Å². The number of nitrogens with zero attached hydrogens (tertiary/aromatic N) is 2. The van der Waals surface area contributed by atoms with Gasteiger partial charge >= 0.3 is 5.97 Å².